The molecule has 4 rings (SSSR count). The lowest BCUT2D eigenvalue weighted by Crippen LogP contribution is -2.44. The monoisotopic (exact) mass is 490 g/mol. The third-order valence-electron chi connectivity index (χ3n) is 6.73. The van der Waals surface area contributed by atoms with Crippen LogP contribution in [0.2, 0.25) is 0 Å². The summed E-state index contributed by atoms with van der Waals surface area (Å²) in [6, 6.07) is 13.8. The van der Waals surface area contributed by atoms with Gasteiger partial charge in [0, 0.05) is 12.6 Å². The minimum absolute atomic E-state index is 0.0644. The van der Waals surface area contributed by atoms with Crippen molar-refractivity contribution in [2.45, 2.75) is 70.9 Å². The molecule has 0 spiro atoms. The van der Waals surface area contributed by atoms with Gasteiger partial charge in [-0.3, -0.25) is 19.0 Å². The van der Waals surface area contributed by atoms with E-state index in [1.165, 1.54) is 11.0 Å². The van der Waals surface area contributed by atoms with Crippen molar-refractivity contribution < 1.29 is 9.59 Å². The lowest BCUT2D eigenvalue weighted by atomic mass is 9.95. The topological polar surface area (TPSA) is 102 Å². The van der Waals surface area contributed by atoms with Gasteiger partial charge in [0.15, 0.2) is 0 Å². The molecule has 0 atom stereocenters. The van der Waals surface area contributed by atoms with Gasteiger partial charge in [0.05, 0.1) is 23.0 Å². The molecule has 3 aromatic rings. The Morgan fingerprint density at radius 3 is 2.39 bits per heavy atom. The van der Waals surface area contributed by atoms with Crippen LogP contribution in [0.5, 0.6) is 0 Å². The van der Waals surface area contributed by atoms with Crippen molar-refractivity contribution in [1.29, 1.82) is 0 Å². The van der Waals surface area contributed by atoms with Gasteiger partial charge in [0.25, 0.3) is 5.56 Å². The summed E-state index contributed by atoms with van der Waals surface area (Å²) in [5, 5.41) is 6.30. The maximum Gasteiger partial charge on any atom is 0.336 e. The van der Waals surface area contributed by atoms with Crippen LogP contribution in [0.25, 0.3) is 16.6 Å². The third kappa shape index (κ3) is 5.93. The van der Waals surface area contributed by atoms with Crippen molar-refractivity contribution in [1.82, 2.24) is 19.8 Å². The molecule has 1 saturated carbocycles. The van der Waals surface area contributed by atoms with Gasteiger partial charge in [-0.1, -0.05) is 56.9 Å². The number of carbonyl (C=O) groups is 2. The molecule has 0 aliphatic heterocycles. The summed E-state index contributed by atoms with van der Waals surface area (Å²) in [6.45, 7) is 2.55. The molecule has 0 bridgehead atoms. The quantitative estimate of drug-likeness (QED) is 0.450. The van der Waals surface area contributed by atoms with Gasteiger partial charge in [-0.2, -0.15) is 0 Å². The average molecular weight is 491 g/mol. The first-order chi connectivity index (χ1) is 17.5. The summed E-state index contributed by atoms with van der Waals surface area (Å²) in [5.74, 6) is -0.297. The highest BCUT2D eigenvalue weighted by molar-refractivity contribution is 5.82. The van der Waals surface area contributed by atoms with Crippen molar-refractivity contribution >= 4 is 22.7 Å². The summed E-state index contributed by atoms with van der Waals surface area (Å²) >= 11 is 0. The zero-order valence-corrected chi connectivity index (χ0v) is 20.8. The van der Waals surface area contributed by atoms with Crippen LogP contribution in [0.4, 0.5) is 0 Å². The van der Waals surface area contributed by atoms with Crippen molar-refractivity contribution in [2.75, 3.05) is 6.54 Å². The number of fused-ring (bicyclic) bond motifs is 1. The van der Waals surface area contributed by atoms with Crippen LogP contribution in [0.3, 0.4) is 0 Å². The Kier molecular flexibility index (Phi) is 8.36. The SMILES string of the molecule is CCCCNC(=O)Cc1ccc(-n2c(=O)c3ccccc3n(CC(=O)NC3CCCCC3)c2=O)cc1. The smallest absolute Gasteiger partial charge is 0.336 e. The Labute approximate surface area is 210 Å². The summed E-state index contributed by atoms with van der Waals surface area (Å²) in [4.78, 5) is 51.8. The number of unbranched alkanes of at least 4 members (excludes halogenated alkanes) is 1. The molecule has 0 radical (unpaired) electrons. The van der Waals surface area contributed by atoms with Crippen molar-refractivity contribution in [3.05, 3.63) is 74.9 Å². The van der Waals surface area contributed by atoms with Gasteiger partial charge in [0.1, 0.15) is 6.54 Å². The van der Waals surface area contributed by atoms with E-state index < -0.39 is 11.2 Å². The molecule has 0 unspecified atom stereocenters. The molecule has 8 heteroatoms. The van der Waals surface area contributed by atoms with E-state index >= 15 is 0 Å². The van der Waals surface area contributed by atoms with Crippen LogP contribution in [0.15, 0.2) is 58.1 Å². The molecule has 190 valence electrons. The maximum atomic E-state index is 13.5. The molecular formula is C28H34N4O4. The fourth-order valence-electron chi connectivity index (χ4n) is 4.78. The zero-order chi connectivity index (χ0) is 25.5. The highest BCUT2D eigenvalue weighted by atomic mass is 16.2. The molecule has 1 aliphatic rings. The molecule has 1 aliphatic carbocycles. The van der Waals surface area contributed by atoms with Gasteiger partial charge in [-0.05, 0) is 49.1 Å². The first kappa shape index (κ1) is 25.4. The van der Waals surface area contributed by atoms with E-state index in [4.69, 9.17) is 0 Å². The number of carbonyl (C=O) groups excluding carboxylic acids is 2. The first-order valence-electron chi connectivity index (χ1n) is 12.9. The molecule has 1 aromatic heterocycles. The molecule has 8 nitrogen and oxygen atoms in total. The van der Waals surface area contributed by atoms with Crippen LogP contribution in [0, 0.1) is 0 Å². The number of nitrogens with zero attached hydrogens (tertiary/aromatic N) is 2. The minimum atomic E-state index is -0.567. The van der Waals surface area contributed by atoms with Crippen LogP contribution in [-0.2, 0) is 22.6 Å². The van der Waals surface area contributed by atoms with Gasteiger partial charge in [0.2, 0.25) is 11.8 Å². The summed E-state index contributed by atoms with van der Waals surface area (Å²) in [6.07, 6.45) is 7.43. The number of hydrogen-bond acceptors (Lipinski definition) is 4. The Hall–Kier alpha value is -3.68. The second-order valence-electron chi connectivity index (χ2n) is 9.48. The zero-order valence-electron chi connectivity index (χ0n) is 20.8. The summed E-state index contributed by atoms with van der Waals surface area (Å²) in [5.41, 5.74) is 0.608. The fraction of sp³-hybridized carbons (Fsp3) is 0.429. The van der Waals surface area contributed by atoms with Crippen LogP contribution >= 0.6 is 0 Å². The standard InChI is InChI=1S/C28H34N4O4/c1-2-3-17-29-25(33)18-20-13-15-22(16-14-20)32-27(35)23-11-7-8-12-24(23)31(28(32)36)19-26(34)30-21-9-5-4-6-10-21/h7-8,11-16,21H,2-6,9-10,17-19H2,1H3,(H,29,33)(H,30,34). The minimum Gasteiger partial charge on any atom is -0.356 e. The molecule has 2 amide bonds. The largest absolute Gasteiger partial charge is 0.356 e. The number of benzene rings is 2. The lowest BCUT2D eigenvalue weighted by Gasteiger charge is -2.23. The second kappa shape index (κ2) is 11.8. The number of para-hydroxylation sites is 1. The summed E-state index contributed by atoms with van der Waals surface area (Å²) in [7, 11) is 0. The van der Waals surface area contributed by atoms with Gasteiger partial charge in [-0.25, -0.2) is 9.36 Å². The first-order valence-corrected chi connectivity index (χ1v) is 12.9. The number of nitrogens with one attached hydrogen (secondary N) is 2. The van der Waals surface area contributed by atoms with E-state index in [0.717, 1.165) is 48.7 Å². The average Bonchev–Trinajstić information content (AvgIpc) is 2.88. The number of aromatic nitrogens is 2. The van der Waals surface area contributed by atoms with E-state index in [0.29, 0.717) is 23.1 Å². The maximum absolute atomic E-state index is 13.5. The van der Waals surface area contributed by atoms with E-state index in [-0.39, 0.29) is 30.8 Å². The fourth-order valence-corrected chi connectivity index (χ4v) is 4.78. The highest BCUT2D eigenvalue weighted by Crippen LogP contribution is 2.17. The van der Waals surface area contributed by atoms with Crippen molar-refractivity contribution in [3.63, 3.8) is 0 Å². The van der Waals surface area contributed by atoms with E-state index in [1.54, 1.807) is 48.5 Å². The van der Waals surface area contributed by atoms with Gasteiger partial charge in [-0.15, -0.1) is 0 Å². The van der Waals surface area contributed by atoms with Gasteiger partial charge < -0.3 is 10.6 Å². The second-order valence-corrected chi connectivity index (χ2v) is 9.48. The molecule has 2 aromatic carbocycles. The Morgan fingerprint density at radius 1 is 0.944 bits per heavy atom. The van der Waals surface area contributed by atoms with E-state index in [1.807, 2.05) is 0 Å². The Morgan fingerprint density at radius 2 is 1.67 bits per heavy atom. The third-order valence-corrected chi connectivity index (χ3v) is 6.73. The molecule has 0 saturated heterocycles. The Balaban J connectivity index is 1.62. The van der Waals surface area contributed by atoms with Crippen LogP contribution < -0.4 is 21.9 Å². The molecule has 1 heterocycles. The van der Waals surface area contributed by atoms with E-state index in [2.05, 4.69) is 17.6 Å². The molecule has 1 fully saturated rings. The lowest BCUT2D eigenvalue weighted by molar-refractivity contribution is -0.122. The number of rotatable bonds is 9. The molecule has 36 heavy (non-hydrogen) atoms. The van der Waals surface area contributed by atoms with Crippen LogP contribution in [-0.4, -0.2) is 33.5 Å². The normalized spacial score (nSPS) is 14.0. The van der Waals surface area contributed by atoms with Crippen LogP contribution in [0.1, 0.15) is 57.4 Å². The predicted molar refractivity (Wildman–Crippen MR) is 140 cm³/mol. The highest BCUT2D eigenvalue weighted by Gasteiger charge is 2.19. The molecular weight excluding hydrogens is 456 g/mol. The Bertz CT molecular complexity index is 1330. The van der Waals surface area contributed by atoms with E-state index in [9.17, 15) is 19.2 Å². The number of hydrogen-bond donors (Lipinski definition) is 2. The van der Waals surface area contributed by atoms with Crippen molar-refractivity contribution in [3.8, 4) is 5.69 Å². The summed E-state index contributed by atoms with van der Waals surface area (Å²) < 4.78 is 2.46. The number of amides is 2. The van der Waals surface area contributed by atoms with Gasteiger partial charge >= 0.3 is 5.69 Å². The van der Waals surface area contributed by atoms with Crippen molar-refractivity contribution in [2.24, 2.45) is 0 Å². The molecule has 2 N–H and O–H groups in total. The predicted octanol–water partition coefficient (Wildman–Crippen LogP) is 3.06.